The van der Waals surface area contributed by atoms with E-state index in [4.69, 9.17) is 4.74 Å². The van der Waals surface area contributed by atoms with Crippen LogP contribution in [0.3, 0.4) is 0 Å². The third kappa shape index (κ3) is 4.65. The van der Waals surface area contributed by atoms with Crippen LogP contribution >= 0.6 is 0 Å². The van der Waals surface area contributed by atoms with E-state index in [9.17, 15) is 4.79 Å². The molecule has 0 unspecified atom stereocenters. The second kappa shape index (κ2) is 8.06. The molecule has 0 saturated heterocycles. The second-order valence-corrected chi connectivity index (χ2v) is 6.25. The highest BCUT2D eigenvalue weighted by Gasteiger charge is 2.23. The highest BCUT2D eigenvalue weighted by molar-refractivity contribution is 5.74. The number of amides is 2. The van der Waals surface area contributed by atoms with E-state index < -0.39 is 0 Å². The van der Waals surface area contributed by atoms with E-state index in [0.717, 1.165) is 17.7 Å². The molecule has 0 spiro atoms. The van der Waals surface area contributed by atoms with Crippen molar-refractivity contribution >= 4 is 6.03 Å². The predicted octanol–water partition coefficient (Wildman–Crippen LogP) is 3.81. The third-order valence-corrected chi connectivity index (χ3v) is 4.42. The summed E-state index contributed by atoms with van der Waals surface area (Å²) in [7, 11) is 1.85. The fourth-order valence-corrected chi connectivity index (χ4v) is 3.00. The first-order valence-corrected chi connectivity index (χ1v) is 8.33. The summed E-state index contributed by atoms with van der Waals surface area (Å²) in [5.74, 6) is 1.45. The Morgan fingerprint density at radius 2 is 1.95 bits per heavy atom. The van der Waals surface area contributed by atoms with Crippen LogP contribution in [0.4, 0.5) is 4.79 Å². The van der Waals surface area contributed by atoms with Crippen molar-refractivity contribution in [3.8, 4) is 5.75 Å². The number of hydrogen-bond donors (Lipinski definition) is 1. The molecule has 2 rings (SSSR count). The van der Waals surface area contributed by atoms with Crippen LogP contribution in [0.2, 0.25) is 0 Å². The first-order valence-electron chi connectivity index (χ1n) is 8.33. The number of carbonyl (C=O) groups is 1. The van der Waals surface area contributed by atoms with Crippen molar-refractivity contribution in [1.29, 1.82) is 0 Å². The number of hydrogen-bond acceptors (Lipinski definition) is 2. The smallest absolute Gasteiger partial charge is 0.317 e. The highest BCUT2D eigenvalue weighted by atomic mass is 16.5. The Kier molecular flexibility index (Phi) is 6.10. The van der Waals surface area contributed by atoms with E-state index in [1.54, 1.807) is 4.90 Å². The maximum absolute atomic E-state index is 12.3. The van der Waals surface area contributed by atoms with Crippen molar-refractivity contribution < 1.29 is 9.53 Å². The van der Waals surface area contributed by atoms with Gasteiger partial charge in [0, 0.05) is 19.6 Å². The highest BCUT2D eigenvalue weighted by Crippen LogP contribution is 2.24. The van der Waals surface area contributed by atoms with Gasteiger partial charge in [-0.3, -0.25) is 0 Å². The Morgan fingerprint density at radius 3 is 2.59 bits per heavy atom. The summed E-state index contributed by atoms with van der Waals surface area (Å²) in [6.07, 6.45) is 4.82. The zero-order valence-electron chi connectivity index (χ0n) is 14.0. The zero-order chi connectivity index (χ0) is 15.9. The number of ether oxygens (including phenoxy) is 1. The molecular formula is C18H28N2O2. The van der Waals surface area contributed by atoms with Gasteiger partial charge in [-0.2, -0.15) is 0 Å². The average molecular weight is 304 g/mol. The van der Waals surface area contributed by atoms with Gasteiger partial charge in [0.2, 0.25) is 0 Å². The van der Waals surface area contributed by atoms with Gasteiger partial charge in [-0.1, -0.05) is 31.9 Å². The molecule has 0 aliphatic heterocycles. The molecule has 2 atom stereocenters. The number of nitrogens with zero attached hydrogens (tertiary/aromatic N) is 1. The normalized spacial score (nSPS) is 21.2. The molecule has 1 N–H and O–H groups in total. The van der Waals surface area contributed by atoms with Crippen molar-refractivity contribution in [3.63, 3.8) is 0 Å². The molecule has 0 heterocycles. The summed E-state index contributed by atoms with van der Waals surface area (Å²) >= 11 is 0. The first-order chi connectivity index (χ1) is 10.6. The summed E-state index contributed by atoms with van der Waals surface area (Å²) in [6, 6.07) is 8.27. The topological polar surface area (TPSA) is 41.6 Å². The molecule has 1 aromatic carbocycles. The Morgan fingerprint density at radius 1 is 1.27 bits per heavy atom. The Balaban J connectivity index is 1.85. The number of urea groups is 1. The summed E-state index contributed by atoms with van der Waals surface area (Å²) in [6.45, 7) is 5.48. The minimum Gasteiger partial charge on any atom is -0.494 e. The van der Waals surface area contributed by atoms with Crippen LogP contribution < -0.4 is 10.1 Å². The Bertz CT molecular complexity index is 472. The van der Waals surface area contributed by atoms with Crippen LogP contribution in [0.15, 0.2) is 24.3 Å². The lowest BCUT2D eigenvalue weighted by molar-refractivity contribution is 0.190. The van der Waals surface area contributed by atoms with Crippen LogP contribution in [0.1, 0.15) is 45.1 Å². The molecule has 1 aliphatic rings. The lowest BCUT2D eigenvalue weighted by atomic mass is 9.86. The van der Waals surface area contributed by atoms with Crippen LogP contribution in [-0.4, -0.2) is 30.6 Å². The van der Waals surface area contributed by atoms with Gasteiger partial charge in [-0.15, -0.1) is 0 Å². The maximum atomic E-state index is 12.3. The van der Waals surface area contributed by atoms with Crippen molar-refractivity contribution in [2.45, 2.75) is 52.1 Å². The second-order valence-electron chi connectivity index (χ2n) is 6.25. The molecule has 122 valence electrons. The SMILES string of the molecule is CCOc1ccc(CN(C)C(=O)N[C@H]2CCCC[C@@H]2C)cc1. The van der Waals surface area contributed by atoms with Crippen LogP contribution in [0.5, 0.6) is 5.75 Å². The molecule has 1 aromatic rings. The molecule has 1 aliphatic carbocycles. The van der Waals surface area contributed by atoms with E-state index in [0.29, 0.717) is 25.1 Å². The lowest BCUT2D eigenvalue weighted by Crippen LogP contribution is -2.46. The molecule has 0 aromatic heterocycles. The summed E-state index contributed by atoms with van der Waals surface area (Å²) in [4.78, 5) is 14.1. The van der Waals surface area contributed by atoms with Gasteiger partial charge in [-0.25, -0.2) is 4.79 Å². The molecule has 2 amide bonds. The molecule has 0 bridgehead atoms. The van der Waals surface area contributed by atoms with E-state index in [1.807, 2.05) is 38.2 Å². The van der Waals surface area contributed by atoms with Crippen molar-refractivity contribution in [3.05, 3.63) is 29.8 Å². The van der Waals surface area contributed by atoms with E-state index >= 15 is 0 Å². The molecule has 1 fully saturated rings. The zero-order valence-corrected chi connectivity index (χ0v) is 14.0. The molecule has 4 heteroatoms. The summed E-state index contributed by atoms with van der Waals surface area (Å²) in [5.41, 5.74) is 1.11. The predicted molar refractivity (Wildman–Crippen MR) is 89.0 cm³/mol. The van der Waals surface area contributed by atoms with E-state index in [1.165, 1.54) is 19.3 Å². The third-order valence-electron chi connectivity index (χ3n) is 4.42. The maximum Gasteiger partial charge on any atom is 0.317 e. The number of rotatable bonds is 5. The minimum atomic E-state index is 0.0210. The van der Waals surface area contributed by atoms with Crippen molar-refractivity contribution in [1.82, 2.24) is 10.2 Å². The van der Waals surface area contributed by atoms with Gasteiger partial charge >= 0.3 is 6.03 Å². The fraction of sp³-hybridized carbons (Fsp3) is 0.611. The standard InChI is InChI=1S/C18H28N2O2/c1-4-22-16-11-9-15(10-12-16)13-20(3)18(21)19-17-8-6-5-7-14(17)2/h9-12,14,17H,4-8,13H2,1-3H3,(H,19,21)/t14-,17-/m0/s1. The number of carbonyl (C=O) groups excluding carboxylic acids is 1. The molecule has 0 radical (unpaired) electrons. The van der Waals surface area contributed by atoms with Gasteiger partial charge in [0.05, 0.1) is 6.61 Å². The summed E-state index contributed by atoms with van der Waals surface area (Å²) in [5, 5.41) is 3.18. The van der Waals surface area contributed by atoms with Crippen molar-refractivity contribution in [2.75, 3.05) is 13.7 Å². The number of nitrogens with one attached hydrogen (secondary N) is 1. The molecular weight excluding hydrogens is 276 g/mol. The molecule has 1 saturated carbocycles. The van der Waals surface area contributed by atoms with Crippen LogP contribution in [0, 0.1) is 5.92 Å². The summed E-state index contributed by atoms with van der Waals surface area (Å²) < 4.78 is 5.43. The monoisotopic (exact) mass is 304 g/mol. The Hall–Kier alpha value is -1.71. The van der Waals surface area contributed by atoms with Gasteiger partial charge in [0.25, 0.3) is 0 Å². The minimum absolute atomic E-state index is 0.0210. The lowest BCUT2D eigenvalue weighted by Gasteiger charge is -2.31. The molecule has 22 heavy (non-hydrogen) atoms. The van der Waals surface area contributed by atoms with Crippen LogP contribution in [0.25, 0.3) is 0 Å². The molecule has 4 nitrogen and oxygen atoms in total. The van der Waals surface area contributed by atoms with Crippen molar-refractivity contribution in [2.24, 2.45) is 5.92 Å². The van der Waals surface area contributed by atoms with E-state index in [2.05, 4.69) is 12.2 Å². The largest absolute Gasteiger partial charge is 0.494 e. The van der Waals surface area contributed by atoms with E-state index in [-0.39, 0.29) is 6.03 Å². The van der Waals surface area contributed by atoms with Gasteiger partial charge < -0.3 is 15.0 Å². The Labute approximate surface area is 133 Å². The van der Waals surface area contributed by atoms with Crippen LogP contribution in [-0.2, 0) is 6.54 Å². The first kappa shape index (κ1) is 16.7. The average Bonchev–Trinajstić information content (AvgIpc) is 2.51. The quantitative estimate of drug-likeness (QED) is 0.899. The number of benzene rings is 1. The fourth-order valence-electron chi connectivity index (χ4n) is 3.00. The van der Waals surface area contributed by atoms with Gasteiger partial charge in [0.1, 0.15) is 5.75 Å². The van der Waals surface area contributed by atoms with Gasteiger partial charge in [-0.05, 0) is 43.4 Å². The van der Waals surface area contributed by atoms with Gasteiger partial charge in [0.15, 0.2) is 0 Å².